The summed E-state index contributed by atoms with van der Waals surface area (Å²) >= 11 is 1.43. The Hall–Kier alpha value is -2.67. The first-order valence-corrected chi connectivity index (χ1v) is 9.23. The Kier molecular flexibility index (Phi) is 4.03. The van der Waals surface area contributed by atoms with E-state index in [-0.39, 0.29) is 5.56 Å². The quantitative estimate of drug-likeness (QED) is 0.701. The van der Waals surface area contributed by atoms with Crippen molar-refractivity contribution in [2.45, 2.75) is 6.92 Å². The predicted molar refractivity (Wildman–Crippen MR) is 104 cm³/mol. The van der Waals surface area contributed by atoms with E-state index in [0.29, 0.717) is 16.4 Å². The van der Waals surface area contributed by atoms with Gasteiger partial charge in [0, 0.05) is 38.3 Å². The van der Waals surface area contributed by atoms with Crippen molar-refractivity contribution in [3.63, 3.8) is 0 Å². The van der Waals surface area contributed by atoms with Crippen molar-refractivity contribution in [3.05, 3.63) is 50.8 Å². The van der Waals surface area contributed by atoms with Crippen LogP contribution >= 0.6 is 11.3 Å². The molecule has 134 valence electrons. The standard InChI is InChI=1S/C19H20N4O2S/c1-11-9-20-18-14(16(11)22(2)3)15-17(26-18)19(24)23(10-21-15)12-6-5-7-13(8-12)25-4/h5-8,10-11H,9H2,1-4H3. The van der Waals surface area contributed by atoms with Gasteiger partial charge in [-0.15, -0.1) is 11.3 Å². The summed E-state index contributed by atoms with van der Waals surface area (Å²) < 4.78 is 8.36. The number of benzene rings is 1. The SMILES string of the molecule is COc1cccc(-n2cnc3c4c(sc3c2=O)=NCC(C)C=4N(C)C)c1. The van der Waals surface area contributed by atoms with E-state index in [1.807, 2.05) is 38.4 Å². The number of ether oxygens (including phenoxy) is 1. The minimum atomic E-state index is -0.0800. The van der Waals surface area contributed by atoms with E-state index >= 15 is 0 Å². The second kappa shape index (κ2) is 6.25. The van der Waals surface area contributed by atoms with E-state index in [4.69, 9.17) is 4.74 Å². The lowest BCUT2D eigenvalue weighted by Gasteiger charge is -2.24. The number of nitrogens with zero attached hydrogens (tertiary/aromatic N) is 4. The highest BCUT2D eigenvalue weighted by Crippen LogP contribution is 2.19. The maximum atomic E-state index is 13.1. The van der Waals surface area contributed by atoms with Crippen LogP contribution in [0.3, 0.4) is 0 Å². The van der Waals surface area contributed by atoms with Gasteiger partial charge in [0.2, 0.25) is 0 Å². The molecular weight excluding hydrogens is 348 g/mol. The van der Waals surface area contributed by atoms with Gasteiger partial charge in [0.05, 0.1) is 23.5 Å². The molecule has 0 spiro atoms. The van der Waals surface area contributed by atoms with Crippen LogP contribution in [-0.2, 0) is 0 Å². The van der Waals surface area contributed by atoms with Gasteiger partial charge >= 0.3 is 0 Å². The topological polar surface area (TPSA) is 59.7 Å². The maximum Gasteiger partial charge on any atom is 0.275 e. The monoisotopic (exact) mass is 368 g/mol. The Labute approximate surface area is 154 Å². The summed E-state index contributed by atoms with van der Waals surface area (Å²) in [7, 11) is 5.67. The molecule has 1 unspecified atom stereocenters. The van der Waals surface area contributed by atoms with Crippen molar-refractivity contribution in [2.24, 2.45) is 10.9 Å². The molecule has 0 fully saturated rings. The molecular formula is C19H20N4O2S. The molecule has 3 heterocycles. The molecule has 7 heteroatoms. The molecule has 0 saturated heterocycles. The molecule has 1 aliphatic rings. The van der Waals surface area contributed by atoms with Crippen molar-refractivity contribution < 1.29 is 4.74 Å². The number of rotatable bonds is 3. The van der Waals surface area contributed by atoms with Crippen molar-refractivity contribution in [1.82, 2.24) is 14.5 Å². The van der Waals surface area contributed by atoms with Gasteiger partial charge in [-0.05, 0) is 12.1 Å². The average molecular weight is 368 g/mol. The van der Waals surface area contributed by atoms with E-state index in [0.717, 1.165) is 27.6 Å². The molecule has 0 N–H and O–H groups in total. The van der Waals surface area contributed by atoms with Gasteiger partial charge in [0.15, 0.2) is 0 Å². The molecule has 0 radical (unpaired) electrons. The molecule has 1 aliphatic heterocycles. The third-order valence-corrected chi connectivity index (χ3v) is 5.72. The fourth-order valence-corrected chi connectivity index (χ4v) is 4.53. The van der Waals surface area contributed by atoms with Crippen LogP contribution in [0.1, 0.15) is 6.92 Å². The van der Waals surface area contributed by atoms with Crippen LogP contribution in [0.4, 0.5) is 0 Å². The molecule has 1 atom stereocenters. The molecule has 2 aromatic heterocycles. The van der Waals surface area contributed by atoms with E-state index in [1.165, 1.54) is 17.0 Å². The first-order chi connectivity index (χ1) is 12.5. The fourth-order valence-electron chi connectivity index (χ4n) is 3.46. The van der Waals surface area contributed by atoms with Crippen LogP contribution in [0.5, 0.6) is 5.75 Å². The van der Waals surface area contributed by atoms with Crippen molar-refractivity contribution in [1.29, 1.82) is 0 Å². The summed E-state index contributed by atoms with van der Waals surface area (Å²) in [5, 5.41) is 1.00. The number of hydrogen-bond acceptors (Lipinski definition) is 6. The lowest BCUT2D eigenvalue weighted by molar-refractivity contribution is 0.414. The first kappa shape index (κ1) is 16.8. The Morgan fingerprint density at radius 3 is 2.88 bits per heavy atom. The molecule has 6 nitrogen and oxygen atoms in total. The summed E-state index contributed by atoms with van der Waals surface area (Å²) in [6.45, 7) is 2.89. The molecule has 1 aromatic carbocycles. The molecule has 4 rings (SSSR count). The summed E-state index contributed by atoms with van der Waals surface area (Å²) in [6.07, 6.45) is 1.60. The number of hydrogen-bond donors (Lipinski definition) is 0. The Morgan fingerprint density at radius 2 is 2.15 bits per heavy atom. The maximum absolute atomic E-state index is 13.1. The minimum Gasteiger partial charge on any atom is -0.497 e. The smallest absolute Gasteiger partial charge is 0.275 e. The molecule has 0 bridgehead atoms. The Bertz CT molecular complexity index is 1180. The van der Waals surface area contributed by atoms with Crippen LogP contribution in [0.2, 0.25) is 0 Å². The summed E-state index contributed by atoms with van der Waals surface area (Å²) in [5.41, 5.74) is 2.58. The van der Waals surface area contributed by atoms with E-state index < -0.39 is 0 Å². The Balaban J connectivity index is 2.04. The fraction of sp³-hybridized carbons (Fsp3) is 0.316. The zero-order valence-corrected chi connectivity index (χ0v) is 16.0. The van der Waals surface area contributed by atoms with E-state index in [1.54, 1.807) is 18.0 Å². The summed E-state index contributed by atoms with van der Waals surface area (Å²) in [4.78, 5) is 24.6. The van der Waals surface area contributed by atoms with E-state index in [9.17, 15) is 4.79 Å². The highest BCUT2D eigenvalue weighted by molar-refractivity contribution is 7.16. The third kappa shape index (κ3) is 2.50. The lowest BCUT2D eigenvalue weighted by atomic mass is 10.0. The average Bonchev–Trinajstić information content (AvgIpc) is 3.01. The minimum absolute atomic E-state index is 0.0800. The van der Waals surface area contributed by atoms with Gasteiger partial charge in [0.25, 0.3) is 5.56 Å². The molecule has 26 heavy (non-hydrogen) atoms. The van der Waals surface area contributed by atoms with Gasteiger partial charge < -0.3 is 9.64 Å². The van der Waals surface area contributed by atoms with Crippen molar-refractivity contribution in [2.75, 3.05) is 27.7 Å². The Morgan fingerprint density at radius 1 is 1.35 bits per heavy atom. The number of methoxy groups -OCH3 is 1. The zero-order valence-electron chi connectivity index (χ0n) is 15.2. The van der Waals surface area contributed by atoms with Gasteiger partial charge in [-0.25, -0.2) is 4.98 Å². The van der Waals surface area contributed by atoms with Gasteiger partial charge in [-0.1, -0.05) is 13.0 Å². The van der Waals surface area contributed by atoms with Crippen LogP contribution in [0.25, 0.3) is 21.6 Å². The van der Waals surface area contributed by atoms with Crippen LogP contribution in [0, 0.1) is 5.92 Å². The normalized spacial score (nSPS) is 16.3. The van der Waals surface area contributed by atoms with Gasteiger partial charge in [-0.2, -0.15) is 0 Å². The van der Waals surface area contributed by atoms with Gasteiger partial charge in [-0.3, -0.25) is 14.4 Å². The highest BCUT2D eigenvalue weighted by atomic mass is 32.1. The molecule has 0 amide bonds. The van der Waals surface area contributed by atoms with Crippen LogP contribution in [0.15, 0.2) is 40.4 Å². The van der Waals surface area contributed by atoms with Crippen LogP contribution < -0.4 is 20.2 Å². The largest absolute Gasteiger partial charge is 0.497 e. The summed E-state index contributed by atoms with van der Waals surface area (Å²) in [5.74, 6) is 1.00. The summed E-state index contributed by atoms with van der Waals surface area (Å²) in [6, 6.07) is 7.41. The lowest BCUT2D eigenvalue weighted by Crippen LogP contribution is -2.37. The number of fused-ring (bicyclic) bond motifs is 3. The van der Waals surface area contributed by atoms with Crippen molar-refractivity contribution in [3.8, 4) is 11.4 Å². The molecule has 0 saturated carbocycles. The number of thiophene rings is 1. The van der Waals surface area contributed by atoms with Crippen LogP contribution in [-0.4, -0.2) is 42.2 Å². The number of aromatic nitrogens is 2. The van der Waals surface area contributed by atoms with Crippen molar-refractivity contribution >= 4 is 27.3 Å². The van der Waals surface area contributed by atoms with Gasteiger partial charge in [0.1, 0.15) is 21.4 Å². The predicted octanol–water partition coefficient (Wildman–Crippen LogP) is 1.39. The first-order valence-electron chi connectivity index (χ1n) is 8.42. The second-order valence-electron chi connectivity index (χ2n) is 6.60. The molecule has 0 aliphatic carbocycles. The zero-order chi connectivity index (χ0) is 18.4. The van der Waals surface area contributed by atoms with E-state index in [2.05, 4.69) is 21.8 Å². The highest BCUT2D eigenvalue weighted by Gasteiger charge is 2.21. The third-order valence-electron chi connectivity index (χ3n) is 4.62. The second-order valence-corrected chi connectivity index (χ2v) is 7.60. The molecule has 3 aromatic rings.